The van der Waals surface area contributed by atoms with Gasteiger partial charge in [0.2, 0.25) is 0 Å². The summed E-state index contributed by atoms with van der Waals surface area (Å²) in [6.07, 6.45) is -4.53. The van der Waals surface area contributed by atoms with Gasteiger partial charge in [-0.3, -0.25) is 0 Å². The van der Waals surface area contributed by atoms with Gasteiger partial charge in [-0.05, 0) is 30.7 Å². The number of alkyl halides is 3. The molecule has 90 valence electrons. The summed E-state index contributed by atoms with van der Waals surface area (Å²) in [7, 11) is 0. The molecule has 6 heteroatoms. The lowest BCUT2D eigenvalue weighted by atomic mass is 10.1. The molecule has 2 N–H and O–H groups in total. The Balaban J connectivity index is 2.83. The van der Waals surface area contributed by atoms with Crippen LogP contribution in [0.4, 0.5) is 18.9 Å². The average molecular weight is 261 g/mol. The minimum absolute atomic E-state index is 0.0212. The summed E-state index contributed by atoms with van der Waals surface area (Å²) >= 11 is 5.87. The zero-order valence-electron chi connectivity index (χ0n) is 8.77. The fourth-order valence-electron chi connectivity index (χ4n) is 1.59. The quantitative estimate of drug-likeness (QED) is 0.782. The van der Waals surface area contributed by atoms with Crippen LogP contribution in [0, 0.1) is 6.92 Å². The van der Waals surface area contributed by atoms with E-state index in [4.69, 9.17) is 17.3 Å². The predicted molar refractivity (Wildman–Crippen MR) is 60.9 cm³/mol. The molecule has 0 spiro atoms. The first-order valence-corrected chi connectivity index (χ1v) is 5.10. The summed E-state index contributed by atoms with van der Waals surface area (Å²) in [4.78, 5) is 3.51. The van der Waals surface area contributed by atoms with Crippen molar-refractivity contribution in [2.24, 2.45) is 0 Å². The standard InChI is InChI=1S/C11H8ClF3N2/c1-5-2-6-8(16)4-9(11(13,14)15)17-10(6)7(12)3-5/h2-4H,1H3,(H2,16,17). The second kappa shape index (κ2) is 3.77. The topological polar surface area (TPSA) is 38.9 Å². The van der Waals surface area contributed by atoms with Gasteiger partial charge in [-0.2, -0.15) is 13.2 Å². The molecule has 0 radical (unpaired) electrons. The van der Waals surface area contributed by atoms with E-state index in [9.17, 15) is 13.2 Å². The van der Waals surface area contributed by atoms with E-state index in [1.807, 2.05) is 0 Å². The number of fused-ring (bicyclic) bond motifs is 1. The zero-order chi connectivity index (χ0) is 12.8. The van der Waals surface area contributed by atoms with Crippen molar-refractivity contribution in [1.29, 1.82) is 0 Å². The van der Waals surface area contributed by atoms with E-state index in [2.05, 4.69) is 4.98 Å². The largest absolute Gasteiger partial charge is 0.433 e. The fourth-order valence-corrected chi connectivity index (χ4v) is 1.91. The average Bonchev–Trinajstić information content (AvgIpc) is 2.17. The summed E-state index contributed by atoms with van der Waals surface area (Å²) in [6.45, 7) is 1.78. The minimum atomic E-state index is -4.53. The summed E-state index contributed by atoms with van der Waals surface area (Å²) in [6, 6.07) is 4.03. The van der Waals surface area contributed by atoms with Gasteiger partial charge in [-0.1, -0.05) is 11.6 Å². The fraction of sp³-hybridized carbons (Fsp3) is 0.182. The lowest BCUT2D eigenvalue weighted by Gasteiger charge is -2.10. The Morgan fingerprint density at radius 1 is 1.24 bits per heavy atom. The van der Waals surface area contributed by atoms with Crippen LogP contribution in [0.15, 0.2) is 18.2 Å². The Kier molecular flexibility index (Phi) is 2.66. The van der Waals surface area contributed by atoms with Crippen molar-refractivity contribution in [1.82, 2.24) is 4.98 Å². The summed E-state index contributed by atoms with van der Waals surface area (Å²) in [5.74, 6) is 0. The first-order valence-electron chi connectivity index (χ1n) is 4.72. The number of nitrogen functional groups attached to an aromatic ring is 1. The van der Waals surface area contributed by atoms with Gasteiger partial charge in [-0.15, -0.1) is 0 Å². The summed E-state index contributed by atoms with van der Waals surface area (Å²) < 4.78 is 37.6. The normalized spacial score (nSPS) is 12.1. The number of anilines is 1. The van der Waals surface area contributed by atoms with Gasteiger partial charge >= 0.3 is 6.18 Å². The second-order valence-corrected chi connectivity index (χ2v) is 4.14. The van der Waals surface area contributed by atoms with Crippen LogP contribution in [-0.4, -0.2) is 4.98 Å². The van der Waals surface area contributed by atoms with Gasteiger partial charge < -0.3 is 5.73 Å². The van der Waals surface area contributed by atoms with E-state index >= 15 is 0 Å². The van der Waals surface area contributed by atoms with Crippen LogP contribution in [0.3, 0.4) is 0 Å². The van der Waals surface area contributed by atoms with Crippen molar-refractivity contribution < 1.29 is 13.2 Å². The number of benzene rings is 1. The molecule has 0 fully saturated rings. The highest BCUT2D eigenvalue weighted by Crippen LogP contribution is 2.34. The molecule has 0 amide bonds. The zero-order valence-corrected chi connectivity index (χ0v) is 9.52. The molecule has 1 aromatic carbocycles. The Hall–Kier alpha value is -1.49. The lowest BCUT2D eigenvalue weighted by molar-refractivity contribution is -0.140. The molecule has 0 saturated carbocycles. The lowest BCUT2D eigenvalue weighted by Crippen LogP contribution is -2.09. The van der Waals surface area contributed by atoms with Gasteiger partial charge in [0.25, 0.3) is 0 Å². The van der Waals surface area contributed by atoms with E-state index < -0.39 is 11.9 Å². The molecule has 17 heavy (non-hydrogen) atoms. The molecule has 1 heterocycles. The molecule has 2 rings (SSSR count). The number of halogens is 4. The Morgan fingerprint density at radius 3 is 2.47 bits per heavy atom. The van der Waals surface area contributed by atoms with Crippen LogP contribution in [0.25, 0.3) is 10.9 Å². The molecule has 0 saturated heterocycles. The van der Waals surface area contributed by atoms with Crippen molar-refractivity contribution in [3.8, 4) is 0 Å². The Bertz CT molecular complexity index is 593. The van der Waals surface area contributed by atoms with E-state index in [1.54, 1.807) is 19.1 Å². The first-order chi connectivity index (χ1) is 7.79. The number of rotatable bonds is 0. The molecule has 0 unspecified atom stereocenters. The number of nitrogens with two attached hydrogens (primary N) is 1. The summed E-state index contributed by atoms with van der Waals surface area (Å²) in [5.41, 5.74) is 5.47. The maximum atomic E-state index is 12.5. The number of aryl methyl sites for hydroxylation is 1. The van der Waals surface area contributed by atoms with Gasteiger partial charge in [-0.25, -0.2) is 4.98 Å². The molecule has 1 aromatic heterocycles. The third-order valence-electron chi connectivity index (χ3n) is 2.33. The molecule has 0 aliphatic rings. The highest BCUT2D eigenvalue weighted by molar-refractivity contribution is 6.35. The number of aromatic nitrogens is 1. The second-order valence-electron chi connectivity index (χ2n) is 3.74. The van der Waals surface area contributed by atoms with E-state index in [-0.39, 0.29) is 16.2 Å². The van der Waals surface area contributed by atoms with E-state index in [0.29, 0.717) is 5.39 Å². The first kappa shape index (κ1) is 12.0. The maximum Gasteiger partial charge on any atom is 0.433 e. The van der Waals surface area contributed by atoms with Crippen LogP contribution in [0.2, 0.25) is 5.02 Å². The van der Waals surface area contributed by atoms with E-state index in [0.717, 1.165) is 11.6 Å². The number of nitrogens with zero attached hydrogens (tertiary/aromatic N) is 1. The Labute approximate surface area is 100 Å². The van der Waals surface area contributed by atoms with E-state index in [1.165, 1.54) is 0 Å². The van der Waals surface area contributed by atoms with Crippen LogP contribution < -0.4 is 5.73 Å². The third kappa shape index (κ3) is 2.15. The minimum Gasteiger partial charge on any atom is -0.398 e. The third-order valence-corrected chi connectivity index (χ3v) is 2.62. The van der Waals surface area contributed by atoms with Crippen molar-refractivity contribution >= 4 is 28.2 Å². The summed E-state index contributed by atoms with van der Waals surface area (Å²) in [5, 5.41) is 0.598. The van der Waals surface area contributed by atoms with Crippen LogP contribution in [-0.2, 0) is 6.18 Å². The number of pyridine rings is 1. The SMILES string of the molecule is Cc1cc(Cl)c2nc(C(F)(F)F)cc(N)c2c1. The smallest absolute Gasteiger partial charge is 0.398 e. The number of hydrogen-bond donors (Lipinski definition) is 1. The molecule has 2 nitrogen and oxygen atoms in total. The molecule has 0 atom stereocenters. The highest BCUT2D eigenvalue weighted by Gasteiger charge is 2.33. The number of hydrogen-bond acceptors (Lipinski definition) is 2. The van der Waals surface area contributed by atoms with Gasteiger partial charge in [0.05, 0.1) is 10.5 Å². The monoisotopic (exact) mass is 260 g/mol. The molecule has 0 aliphatic carbocycles. The van der Waals surface area contributed by atoms with Crippen molar-refractivity contribution in [2.45, 2.75) is 13.1 Å². The molecule has 2 aromatic rings. The predicted octanol–water partition coefficient (Wildman–Crippen LogP) is 3.80. The van der Waals surface area contributed by atoms with Crippen molar-refractivity contribution in [3.05, 3.63) is 34.5 Å². The molecule has 0 bridgehead atoms. The van der Waals surface area contributed by atoms with Crippen LogP contribution >= 0.6 is 11.6 Å². The molecular formula is C11H8ClF3N2. The van der Waals surface area contributed by atoms with Crippen molar-refractivity contribution in [3.63, 3.8) is 0 Å². The van der Waals surface area contributed by atoms with Crippen molar-refractivity contribution in [2.75, 3.05) is 5.73 Å². The van der Waals surface area contributed by atoms with Crippen LogP contribution in [0.5, 0.6) is 0 Å². The van der Waals surface area contributed by atoms with Crippen LogP contribution in [0.1, 0.15) is 11.3 Å². The van der Waals surface area contributed by atoms with Gasteiger partial charge in [0.1, 0.15) is 5.69 Å². The van der Waals surface area contributed by atoms with Gasteiger partial charge in [0.15, 0.2) is 0 Å². The molecule has 0 aliphatic heterocycles. The Morgan fingerprint density at radius 2 is 1.88 bits per heavy atom. The highest BCUT2D eigenvalue weighted by atomic mass is 35.5. The molecular weight excluding hydrogens is 253 g/mol. The van der Waals surface area contributed by atoms with Gasteiger partial charge in [0, 0.05) is 11.1 Å². The maximum absolute atomic E-state index is 12.5.